The van der Waals surface area contributed by atoms with Crippen LogP contribution in [-0.2, 0) is 0 Å². The van der Waals surface area contributed by atoms with Gasteiger partial charge in [0.15, 0.2) is 0 Å². The molecule has 1 aromatic heterocycles. The maximum absolute atomic E-state index is 13.3. The number of benzene rings is 2. The van der Waals surface area contributed by atoms with E-state index in [-0.39, 0.29) is 0 Å². The van der Waals surface area contributed by atoms with Crippen molar-refractivity contribution >= 4 is 0 Å². The second kappa shape index (κ2) is 5.44. The number of aromatic nitrogens is 1. The fourth-order valence-electron chi connectivity index (χ4n) is 2.31. The Hall–Kier alpha value is -2.55. The van der Waals surface area contributed by atoms with Gasteiger partial charge in [0.1, 0.15) is 11.6 Å². The molecule has 2 aromatic carbocycles. The summed E-state index contributed by atoms with van der Waals surface area (Å²) in [7, 11) is 0. The minimum atomic E-state index is -0.603. The molecule has 0 saturated heterocycles. The predicted molar refractivity (Wildman–Crippen MR) is 79.8 cm³/mol. The standard InChI is InChI=1S/C18H13F2N/c1-12-11-21-18(14-7-15(19)9-16(20)8-14)10-17(12)13-5-3-2-4-6-13/h2-11H,1H3. The molecule has 0 bridgehead atoms. The van der Waals surface area contributed by atoms with Gasteiger partial charge in [-0.1, -0.05) is 30.3 Å². The van der Waals surface area contributed by atoms with E-state index in [1.807, 2.05) is 43.3 Å². The Morgan fingerprint density at radius 2 is 1.48 bits per heavy atom. The van der Waals surface area contributed by atoms with Gasteiger partial charge < -0.3 is 0 Å². The third-order valence-electron chi connectivity index (χ3n) is 3.35. The Kier molecular flexibility index (Phi) is 3.48. The number of halogens is 2. The lowest BCUT2D eigenvalue weighted by Gasteiger charge is -2.09. The van der Waals surface area contributed by atoms with Gasteiger partial charge in [-0.3, -0.25) is 4.98 Å². The molecular weight excluding hydrogens is 268 g/mol. The maximum atomic E-state index is 13.3. The molecule has 1 heterocycles. The van der Waals surface area contributed by atoms with Gasteiger partial charge in [-0.05, 0) is 41.8 Å². The zero-order valence-electron chi connectivity index (χ0n) is 11.5. The Balaban J connectivity index is 2.13. The van der Waals surface area contributed by atoms with Crippen molar-refractivity contribution in [2.75, 3.05) is 0 Å². The quantitative estimate of drug-likeness (QED) is 0.644. The molecule has 0 amide bonds. The summed E-state index contributed by atoms with van der Waals surface area (Å²) in [6, 6.07) is 15.1. The van der Waals surface area contributed by atoms with Gasteiger partial charge in [0.05, 0.1) is 5.69 Å². The molecule has 0 radical (unpaired) electrons. The lowest BCUT2D eigenvalue weighted by Crippen LogP contribution is -1.91. The van der Waals surface area contributed by atoms with Crippen LogP contribution < -0.4 is 0 Å². The Morgan fingerprint density at radius 3 is 2.14 bits per heavy atom. The fourth-order valence-corrected chi connectivity index (χ4v) is 2.31. The smallest absolute Gasteiger partial charge is 0.126 e. The molecule has 0 fully saturated rings. The molecule has 0 N–H and O–H groups in total. The van der Waals surface area contributed by atoms with E-state index in [1.54, 1.807) is 6.20 Å². The summed E-state index contributed by atoms with van der Waals surface area (Å²) in [5, 5.41) is 0. The molecular formula is C18H13F2N. The van der Waals surface area contributed by atoms with Crippen LogP contribution in [0.2, 0.25) is 0 Å². The second-order valence-corrected chi connectivity index (χ2v) is 4.91. The average molecular weight is 281 g/mol. The molecule has 3 aromatic rings. The summed E-state index contributed by atoms with van der Waals surface area (Å²) in [5.41, 5.74) is 4.06. The Bertz CT molecular complexity index is 762. The van der Waals surface area contributed by atoms with E-state index in [2.05, 4.69) is 4.98 Å². The van der Waals surface area contributed by atoms with E-state index in [0.29, 0.717) is 11.3 Å². The Labute approximate surface area is 121 Å². The summed E-state index contributed by atoms with van der Waals surface area (Å²) < 4.78 is 26.7. The second-order valence-electron chi connectivity index (χ2n) is 4.91. The van der Waals surface area contributed by atoms with Crippen LogP contribution in [0.1, 0.15) is 5.56 Å². The summed E-state index contributed by atoms with van der Waals surface area (Å²) >= 11 is 0. The van der Waals surface area contributed by atoms with Gasteiger partial charge in [-0.2, -0.15) is 0 Å². The van der Waals surface area contributed by atoms with Gasteiger partial charge in [0, 0.05) is 17.8 Å². The van der Waals surface area contributed by atoms with Crippen molar-refractivity contribution in [2.24, 2.45) is 0 Å². The number of nitrogens with zero attached hydrogens (tertiary/aromatic N) is 1. The summed E-state index contributed by atoms with van der Waals surface area (Å²) in [5.74, 6) is -1.21. The van der Waals surface area contributed by atoms with Crippen LogP contribution in [0.25, 0.3) is 22.4 Å². The van der Waals surface area contributed by atoms with Crippen LogP contribution in [0.3, 0.4) is 0 Å². The van der Waals surface area contributed by atoms with Crippen molar-refractivity contribution in [3.05, 3.63) is 78.0 Å². The molecule has 0 unspecified atom stereocenters. The van der Waals surface area contributed by atoms with E-state index in [9.17, 15) is 8.78 Å². The predicted octanol–water partition coefficient (Wildman–Crippen LogP) is 5.00. The summed E-state index contributed by atoms with van der Waals surface area (Å²) in [6.07, 6.45) is 1.72. The van der Waals surface area contributed by atoms with Crippen LogP contribution >= 0.6 is 0 Å². The number of pyridine rings is 1. The number of rotatable bonds is 2. The van der Waals surface area contributed by atoms with E-state index >= 15 is 0 Å². The minimum absolute atomic E-state index is 0.435. The Morgan fingerprint density at radius 1 is 0.810 bits per heavy atom. The zero-order chi connectivity index (χ0) is 14.8. The van der Waals surface area contributed by atoms with Gasteiger partial charge in [-0.15, -0.1) is 0 Å². The summed E-state index contributed by atoms with van der Waals surface area (Å²) in [4.78, 5) is 4.28. The van der Waals surface area contributed by atoms with E-state index in [1.165, 1.54) is 12.1 Å². The molecule has 0 spiro atoms. The highest BCUT2D eigenvalue weighted by atomic mass is 19.1. The first kappa shape index (κ1) is 13.4. The first-order valence-corrected chi connectivity index (χ1v) is 6.62. The minimum Gasteiger partial charge on any atom is -0.256 e. The van der Waals surface area contributed by atoms with E-state index in [4.69, 9.17) is 0 Å². The van der Waals surface area contributed by atoms with Crippen molar-refractivity contribution in [2.45, 2.75) is 6.92 Å². The molecule has 0 atom stereocenters. The van der Waals surface area contributed by atoms with Gasteiger partial charge in [-0.25, -0.2) is 8.78 Å². The van der Waals surface area contributed by atoms with Crippen LogP contribution in [-0.4, -0.2) is 4.98 Å². The monoisotopic (exact) mass is 281 g/mol. The highest BCUT2D eigenvalue weighted by Gasteiger charge is 2.08. The number of aryl methyl sites for hydroxylation is 1. The molecule has 21 heavy (non-hydrogen) atoms. The molecule has 0 aliphatic heterocycles. The van der Waals surface area contributed by atoms with E-state index < -0.39 is 11.6 Å². The highest BCUT2D eigenvalue weighted by Crippen LogP contribution is 2.28. The highest BCUT2D eigenvalue weighted by molar-refractivity contribution is 5.72. The molecule has 3 rings (SSSR count). The van der Waals surface area contributed by atoms with Gasteiger partial charge in [0.2, 0.25) is 0 Å². The third kappa shape index (κ3) is 2.82. The molecule has 0 saturated carbocycles. The third-order valence-corrected chi connectivity index (χ3v) is 3.35. The van der Waals surface area contributed by atoms with Crippen molar-refractivity contribution in [3.63, 3.8) is 0 Å². The van der Waals surface area contributed by atoms with Crippen LogP contribution in [0.15, 0.2) is 60.8 Å². The zero-order valence-corrected chi connectivity index (χ0v) is 11.5. The molecule has 104 valence electrons. The van der Waals surface area contributed by atoms with Gasteiger partial charge in [0.25, 0.3) is 0 Å². The van der Waals surface area contributed by atoms with Gasteiger partial charge >= 0.3 is 0 Å². The largest absolute Gasteiger partial charge is 0.256 e. The van der Waals surface area contributed by atoms with Crippen LogP contribution in [0.4, 0.5) is 8.78 Å². The average Bonchev–Trinajstić information content (AvgIpc) is 2.47. The first-order chi connectivity index (χ1) is 10.1. The lowest BCUT2D eigenvalue weighted by molar-refractivity contribution is 0.584. The lowest BCUT2D eigenvalue weighted by atomic mass is 9.99. The van der Waals surface area contributed by atoms with Crippen molar-refractivity contribution in [3.8, 4) is 22.4 Å². The normalized spacial score (nSPS) is 10.6. The van der Waals surface area contributed by atoms with Crippen molar-refractivity contribution in [1.82, 2.24) is 4.98 Å². The van der Waals surface area contributed by atoms with E-state index in [0.717, 1.165) is 22.8 Å². The molecule has 0 aliphatic carbocycles. The number of hydrogen-bond donors (Lipinski definition) is 0. The topological polar surface area (TPSA) is 12.9 Å². The fraction of sp³-hybridized carbons (Fsp3) is 0.0556. The summed E-state index contributed by atoms with van der Waals surface area (Å²) in [6.45, 7) is 1.96. The first-order valence-electron chi connectivity index (χ1n) is 6.62. The molecule has 0 aliphatic rings. The van der Waals surface area contributed by atoms with Crippen molar-refractivity contribution < 1.29 is 8.78 Å². The molecule has 1 nitrogen and oxygen atoms in total. The maximum Gasteiger partial charge on any atom is 0.126 e. The molecule has 3 heteroatoms. The van der Waals surface area contributed by atoms with Crippen LogP contribution in [0, 0.1) is 18.6 Å². The number of hydrogen-bond acceptors (Lipinski definition) is 1. The van der Waals surface area contributed by atoms with Crippen molar-refractivity contribution in [1.29, 1.82) is 0 Å². The van der Waals surface area contributed by atoms with Crippen LogP contribution in [0.5, 0.6) is 0 Å². The SMILES string of the molecule is Cc1cnc(-c2cc(F)cc(F)c2)cc1-c1ccccc1.